The predicted molar refractivity (Wildman–Crippen MR) is 60.8 cm³/mol. The molecule has 1 rings (SSSR count). The molecule has 0 aliphatic carbocycles. The molecule has 0 heterocycles. The summed E-state index contributed by atoms with van der Waals surface area (Å²) in [6.45, 7) is 1.88. The van der Waals surface area contributed by atoms with Crippen molar-refractivity contribution in [2.24, 2.45) is 0 Å². The van der Waals surface area contributed by atoms with Crippen LogP contribution >= 0.6 is 28.6 Å². The molecule has 1 atom stereocenters. The Hall–Kier alpha value is -0.280. The second-order valence-electron chi connectivity index (χ2n) is 2.95. The second kappa shape index (κ2) is 4.82. The highest BCUT2D eigenvalue weighted by atomic mass is 79.9. The van der Waals surface area contributed by atoms with Crippen molar-refractivity contribution in [2.45, 2.75) is 23.1 Å². The van der Waals surface area contributed by atoms with Crippen molar-refractivity contribution in [3.8, 4) is 0 Å². The van der Waals surface area contributed by atoms with Crippen molar-refractivity contribution >= 4 is 34.8 Å². The standard InChI is InChI=1S/C10H11BrOS/c1-7(6-12)8-2-3-9(5-11)10(13)4-8/h2-4,6-7,13H,5H2,1H3. The Morgan fingerprint density at radius 3 is 2.77 bits per heavy atom. The van der Waals surface area contributed by atoms with E-state index >= 15 is 0 Å². The SMILES string of the molecule is CC(C=O)c1ccc(CBr)c(S)c1. The smallest absolute Gasteiger partial charge is 0.127 e. The monoisotopic (exact) mass is 258 g/mol. The predicted octanol–water partition coefficient (Wildman–Crippen LogP) is 3.17. The zero-order chi connectivity index (χ0) is 9.84. The van der Waals surface area contributed by atoms with E-state index in [0.717, 1.165) is 27.6 Å². The van der Waals surface area contributed by atoms with E-state index in [0.29, 0.717) is 0 Å². The average molecular weight is 259 g/mol. The number of carbonyl (C=O) groups excluding carboxylic acids is 1. The molecule has 3 heteroatoms. The maximum Gasteiger partial charge on any atom is 0.127 e. The summed E-state index contributed by atoms with van der Waals surface area (Å²) in [4.78, 5) is 11.5. The molecule has 1 aromatic carbocycles. The quantitative estimate of drug-likeness (QED) is 0.501. The van der Waals surface area contributed by atoms with E-state index in [1.165, 1.54) is 0 Å². The first kappa shape index (κ1) is 10.8. The molecule has 1 aromatic rings. The van der Waals surface area contributed by atoms with E-state index in [1.54, 1.807) is 0 Å². The first-order valence-corrected chi connectivity index (χ1v) is 5.59. The van der Waals surface area contributed by atoms with Crippen LogP contribution in [0.15, 0.2) is 23.1 Å². The molecular formula is C10H11BrOS. The van der Waals surface area contributed by atoms with Crippen LogP contribution in [0.4, 0.5) is 0 Å². The number of benzene rings is 1. The lowest BCUT2D eigenvalue weighted by atomic mass is 10.0. The molecule has 1 unspecified atom stereocenters. The summed E-state index contributed by atoms with van der Waals surface area (Å²) in [7, 11) is 0. The molecule has 0 aliphatic rings. The maximum atomic E-state index is 10.5. The molecule has 0 bridgehead atoms. The van der Waals surface area contributed by atoms with Crippen molar-refractivity contribution in [1.29, 1.82) is 0 Å². The van der Waals surface area contributed by atoms with Gasteiger partial charge in [-0.05, 0) is 17.2 Å². The zero-order valence-corrected chi connectivity index (χ0v) is 9.81. The largest absolute Gasteiger partial charge is 0.303 e. The molecule has 13 heavy (non-hydrogen) atoms. The van der Waals surface area contributed by atoms with Crippen LogP contribution in [0.3, 0.4) is 0 Å². The summed E-state index contributed by atoms with van der Waals surface area (Å²) in [6, 6.07) is 5.90. The van der Waals surface area contributed by atoms with Gasteiger partial charge in [0.2, 0.25) is 0 Å². The summed E-state index contributed by atoms with van der Waals surface area (Å²) >= 11 is 7.70. The minimum Gasteiger partial charge on any atom is -0.303 e. The highest BCUT2D eigenvalue weighted by Crippen LogP contribution is 2.22. The van der Waals surface area contributed by atoms with Crippen molar-refractivity contribution in [1.82, 2.24) is 0 Å². The van der Waals surface area contributed by atoms with Crippen LogP contribution in [0.1, 0.15) is 24.0 Å². The van der Waals surface area contributed by atoms with Gasteiger partial charge in [-0.25, -0.2) is 0 Å². The Kier molecular flexibility index (Phi) is 4.00. The number of carbonyl (C=O) groups is 1. The van der Waals surface area contributed by atoms with Gasteiger partial charge in [0.25, 0.3) is 0 Å². The number of thiol groups is 1. The first-order chi connectivity index (χ1) is 6.19. The number of alkyl halides is 1. The normalized spacial score (nSPS) is 12.5. The highest BCUT2D eigenvalue weighted by Gasteiger charge is 2.05. The van der Waals surface area contributed by atoms with Crippen molar-refractivity contribution in [3.63, 3.8) is 0 Å². The molecule has 0 amide bonds. The van der Waals surface area contributed by atoms with Gasteiger partial charge in [-0.1, -0.05) is 35.0 Å². The molecule has 0 fully saturated rings. The Morgan fingerprint density at radius 2 is 2.31 bits per heavy atom. The lowest BCUT2D eigenvalue weighted by Crippen LogP contribution is -1.95. The van der Waals surface area contributed by atoms with Gasteiger partial charge in [0.05, 0.1) is 0 Å². The van der Waals surface area contributed by atoms with Crippen LogP contribution in [0.5, 0.6) is 0 Å². The molecule has 0 saturated heterocycles. The van der Waals surface area contributed by atoms with Gasteiger partial charge < -0.3 is 4.79 Å². The summed E-state index contributed by atoms with van der Waals surface area (Å²) in [5, 5.41) is 0.793. The third-order valence-electron chi connectivity index (χ3n) is 1.98. The molecule has 0 N–H and O–H groups in total. The highest BCUT2D eigenvalue weighted by molar-refractivity contribution is 9.08. The molecule has 0 radical (unpaired) electrons. The summed E-state index contributed by atoms with van der Waals surface area (Å²) in [5.41, 5.74) is 2.16. The number of aldehydes is 1. The molecule has 70 valence electrons. The molecule has 0 aliphatic heterocycles. The van der Waals surface area contributed by atoms with Crippen LogP contribution in [0.2, 0.25) is 0 Å². The zero-order valence-electron chi connectivity index (χ0n) is 7.33. The number of hydrogen-bond acceptors (Lipinski definition) is 2. The fourth-order valence-corrected chi connectivity index (χ4v) is 2.06. The van der Waals surface area contributed by atoms with Crippen LogP contribution < -0.4 is 0 Å². The minimum atomic E-state index is -0.0460. The van der Waals surface area contributed by atoms with Crippen LogP contribution in [0, 0.1) is 0 Å². The van der Waals surface area contributed by atoms with Crippen LogP contribution in [-0.2, 0) is 10.1 Å². The number of rotatable bonds is 3. The lowest BCUT2D eigenvalue weighted by Gasteiger charge is -2.07. The van der Waals surface area contributed by atoms with Crippen LogP contribution in [-0.4, -0.2) is 6.29 Å². The Bertz CT molecular complexity index is 312. The van der Waals surface area contributed by atoms with E-state index in [1.807, 2.05) is 25.1 Å². The van der Waals surface area contributed by atoms with Gasteiger partial charge in [0, 0.05) is 16.1 Å². The molecule has 0 aromatic heterocycles. The Morgan fingerprint density at radius 1 is 1.62 bits per heavy atom. The molecular weight excluding hydrogens is 248 g/mol. The summed E-state index contributed by atoms with van der Waals surface area (Å²) in [5.74, 6) is -0.0460. The number of halogens is 1. The maximum absolute atomic E-state index is 10.5. The van der Waals surface area contributed by atoms with Crippen molar-refractivity contribution < 1.29 is 4.79 Å². The third-order valence-corrected chi connectivity index (χ3v) is 3.00. The average Bonchev–Trinajstić information content (AvgIpc) is 2.16. The topological polar surface area (TPSA) is 17.1 Å². The van der Waals surface area contributed by atoms with Crippen molar-refractivity contribution in [2.75, 3.05) is 0 Å². The Balaban J connectivity index is 3.02. The Labute approximate surface area is 92.1 Å². The summed E-state index contributed by atoms with van der Waals surface area (Å²) < 4.78 is 0. The van der Waals surface area contributed by atoms with E-state index in [9.17, 15) is 4.79 Å². The minimum absolute atomic E-state index is 0.0460. The molecule has 0 spiro atoms. The molecule has 1 nitrogen and oxygen atoms in total. The third kappa shape index (κ3) is 2.58. The second-order valence-corrected chi connectivity index (χ2v) is 3.99. The van der Waals surface area contributed by atoms with Gasteiger partial charge in [-0.3, -0.25) is 0 Å². The van der Waals surface area contributed by atoms with E-state index in [4.69, 9.17) is 0 Å². The fraction of sp³-hybridized carbons (Fsp3) is 0.300. The fourth-order valence-electron chi connectivity index (χ4n) is 1.06. The van der Waals surface area contributed by atoms with Gasteiger partial charge in [0.1, 0.15) is 6.29 Å². The first-order valence-electron chi connectivity index (χ1n) is 4.02. The van der Waals surface area contributed by atoms with Gasteiger partial charge >= 0.3 is 0 Å². The molecule has 0 saturated carbocycles. The van der Waals surface area contributed by atoms with Gasteiger partial charge in [-0.15, -0.1) is 12.6 Å². The van der Waals surface area contributed by atoms with E-state index in [2.05, 4.69) is 28.6 Å². The van der Waals surface area contributed by atoms with Crippen LogP contribution in [0.25, 0.3) is 0 Å². The van der Waals surface area contributed by atoms with E-state index in [-0.39, 0.29) is 5.92 Å². The number of hydrogen-bond donors (Lipinski definition) is 1. The van der Waals surface area contributed by atoms with Crippen molar-refractivity contribution in [3.05, 3.63) is 29.3 Å². The van der Waals surface area contributed by atoms with Gasteiger partial charge in [0.15, 0.2) is 0 Å². The summed E-state index contributed by atoms with van der Waals surface area (Å²) in [6.07, 6.45) is 0.941. The van der Waals surface area contributed by atoms with Gasteiger partial charge in [-0.2, -0.15) is 0 Å². The lowest BCUT2D eigenvalue weighted by molar-refractivity contribution is -0.108. The van der Waals surface area contributed by atoms with E-state index < -0.39 is 0 Å².